The van der Waals surface area contributed by atoms with E-state index in [9.17, 15) is 5.11 Å². The van der Waals surface area contributed by atoms with Crippen LogP contribution in [0.3, 0.4) is 0 Å². The number of nitrogens with zero attached hydrogens (tertiary/aromatic N) is 1. The van der Waals surface area contributed by atoms with E-state index in [2.05, 4.69) is 4.98 Å². The van der Waals surface area contributed by atoms with Crippen molar-refractivity contribution in [3.63, 3.8) is 0 Å². The number of rotatable bonds is 2. The topological polar surface area (TPSA) is 33.1 Å². The zero-order chi connectivity index (χ0) is 8.72. The predicted molar refractivity (Wildman–Crippen MR) is 49.5 cm³/mol. The SMILES string of the molecule is Cc1nc(C2CC2)sc1C(C)O. The summed E-state index contributed by atoms with van der Waals surface area (Å²) < 4.78 is 0. The molecule has 12 heavy (non-hydrogen) atoms. The molecule has 1 aromatic rings. The molecule has 1 unspecified atom stereocenters. The number of hydrogen-bond acceptors (Lipinski definition) is 3. The van der Waals surface area contributed by atoms with Crippen LogP contribution in [0.5, 0.6) is 0 Å². The standard InChI is InChI=1S/C9H13NOS/c1-5-8(6(2)11)12-9(10-5)7-3-4-7/h6-7,11H,3-4H2,1-2H3. The number of hydrogen-bond donors (Lipinski definition) is 1. The number of aromatic nitrogens is 1. The first-order valence-corrected chi connectivity index (χ1v) is 5.15. The lowest BCUT2D eigenvalue weighted by Crippen LogP contribution is -1.88. The number of aliphatic hydroxyl groups is 1. The van der Waals surface area contributed by atoms with E-state index in [1.807, 2.05) is 6.92 Å². The van der Waals surface area contributed by atoms with Crippen molar-refractivity contribution < 1.29 is 5.11 Å². The number of aryl methyl sites for hydroxylation is 1. The number of aliphatic hydroxyl groups excluding tert-OH is 1. The average Bonchev–Trinajstić information content (AvgIpc) is 2.75. The second-order valence-corrected chi connectivity index (χ2v) is 4.51. The molecule has 1 heterocycles. The molecule has 1 aliphatic carbocycles. The minimum absolute atomic E-state index is 0.352. The molecule has 0 amide bonds. The quantitative estimate of drug-likeness (QED) is 0.763. The monoisotopic (exact) mass is 183 g/mol. The molecule has 0 saturated heterocycles. The van der Waals surface area contributed by atoms with Gasteiger partial charge in [0.25, 0.3) is 0 Å². The van der Waals surface area contributed by atoms with Gasteiger partial charge in [0.2, 0.25) is 0 Å². The molecule has 0 radical (unpaired) electrons. The van der Waals surface area contributed by atoms with Gasteiger partial charge >= 0.3 is 0 Å². The third kappa shape index (κ3) is 1.39. The fraction of sp³-hybridized carbons (Fsp3) is 0.667. The van der Waals surface area contributed by atoms with Crippen LogP contribution in [0.1, 0.15) is 47.4 Å². The van der Waals surface area contributed by atoms with Crippen molar-refractivity contribution in [2.45, 2.75) is 38.7 Å². The highest BCUT2D eigenvalue weighted by Crippen LogP contribution is 2.43. The Kier molecular flexibility index (Phi) is 1.93. The first-order chi connectivity index (χ1) is 5.68. The van der Waals surface area contributed by atoms with E-state index in [1.165, 1.54) is 17.8 Å². The fourth-order valence-electron chi connectivity index (χ4n) is 1.32. The maximum absolute atomic E-state index is 9.39. The van der Waals surface area contributed by atoms with E-state index in [1.54, 1.807) is 18.3 Å². The Balaban J connectivity index is 2.30. The van der Waals surface area contributed by atoms with E-state index < -0.39 is 0 Å². The highest BCUT2D eigenvalue weighted by Gasteiger charge is 2.28. The van der Waals surface area contributed by atoms with Gasteiger partial charge in [-0.05, 0) is 26.7 Å². The van der Waals surface area contributed by atoms with Crippen LogP contribution in [0.2, 0.25) is 0 Å². The molecule has 66 valence electrons. The predicted octanol–water partition coefficient (Wildman–Crippen LogP) is 2.38. The molecule has 0 aromatic carbocycles. The van der Waals surface area contributed by atoms with Crippen LogP contribution in [-0.2, 0) is 0 Å². The Morgan fingerprint density at radius 2 is 2.25 bits per heavy atom. The molecule has 2 rings (SSSR count). The molecule has 1 aromatic heterocycles. The van der Waals surface area contributed by atoms with Crippen molar-refractivity contribution in [1.29, 1.82) is 0 Å². The zero-order valence-corrected chi connectivity index (χ0v) is 8.19. The van der Waals surface area contributed by atoms with Crippen LogP contribution in [0.4, 0.5) is 0 Å². The smallest absolute Gasteiger partial charge is 0.0962 e. The average molecular weight is 183 g/mol. The summed E-state index contributed by atoms with van der Waals surface area (Å²) in [4.78, 5) is 5.49. The van der Waals surface area contributed by atoms with Gasteiger partial charge in [-0.3, -0.25) is 0 Å². The van der Waals surface area contributed by atoms with Crippen molar-refractivity contribution in [2.24, 2.45) is 0 Å². The highest BCUT2D eigenvalue weighted by atomic mass is 32.1. The molecule has 1 aliphatic rings. The van der Waals surface area contributed by atoms with Crippen LogP contribution in [-0.4, -0.2) is 10.1 Å². The summed E-state index contributed by atoms with van der Waals surface area (Å²) in [5.41, 5.74) is 1.01. The van der Waals surface area contributed by atoms with Crippen molar-refractivity contribution in [3.05, 3.63) is 15.6 Å². The molecule has 0 spiro atoms. The minimum Gasteiger partial charge on any atom is -0.388 e. The van der Waals surface area contributed by atoms with Gasteiger partial charge in [-0.15, -0.1) is 11.3 Å². The van der Waals surface area contributed by atoms with E-state index in [0.29, 0.717) is 5.92 Å². The maximum Gasteiger partial charge on any atom is 0.0962 e. The molecule has 3 heteroatoms. The van der Waals surface area contributed by atoms with E-state index in [0.717, 1.165) is 10.6 Å². The second-order valence-electron chi connectivity index (χ2n) is 3.45. The summed E-state index contributed by atoms with van der Waals surface area (Å²) in [5, 5.41) is 10.6. The molecule has 1 fully saturated rings. The van der Waals surface area contributed by atoms with Gasteiger partial charge in [-0.2, -0.15) is 0 Å². The van der Waals surface area contributed by atoms with Crippen LogP contribution >= 0.6 is 11.3 Å². The summed E-state index contributed by atoms with van der Waals surface area (Å²) >= 11 is 1.68. The Bertz CT molecular complexity index is 289. The van der Waals surface area contributed by atoms with Crippen LogP contribution in [0.15, 0.2) is 0 Å². The first kappa shape index (κ1) is 8.20. The van der Waals surface area contributed by atoms with Crippen molar-refractivity contribution in [3.8, 4) is 0 Å². The normalized spacial score (nSPS) is 19.6. The zero-order valence-electron chi connectivity index (χ0n) is 7.37. The van der Waals surface area contributed by atoms with Gasteiger partial charge < -0.3 is 5.11 Å². The Morgan fingerprint density at radius 3 is 2.67 bits per heavy atom. The van der Waals surface area contributed by atoms with Gasteiger partial charge in [0.15, 0.2) is 0 Å². The first-order valence-electron chi connectivity index (χ1n) is 4.33. The van der Waals surface area contributed by atoms with Crippen molar-refractivity contribution in [1.82, 2.24) is 4.98 Å². The molecule has 1 N–H and O–H groups in total. The van der Waals surface area contributed by atoms with E-state index in [-0.39, 0.29) is 6.10 Å². The van der Waals surface area contributed by atoms with Gasteiger partial charge in [0.05, 0.1) is 21.7 Å². The summed E-state index contributed by atoms with van der Waals surface area (Å²) in [6, 6.07) is 0. The number of thiazole rings is 1. The fourth-order valence-corrected chi connectivity index (χ4v) is 2.50. The highest BCUT2D eigenvalue weighted by molar-refractivity contribution is 7.12. The molecule has 0 bridgehead atoms. The largest absolute Gasteiger partial charge is 0.388 e. The lowest BCUT2D eigenvalue weighted by atomic mass is 10.3. The van der Waals surface area contributed by atoms with Gasteiger partial charge in [-0.25, -0.2) is 4.98 Å². The lowest BCUT2D eigenvalue weighted by Gasteiger charge is -1.98. The van der Waals surface area contributed by atoms with Crippen LogP contribution in [0, 0.1) is 6.92 Å². The van der Waals surface area contributed by atoms with E-state index in [4.69, 9.17) is 0 Å². The summed E-state index contributed by atoms with van der Waals surface area (Å²) in [6.45, 7) is 3.78. The third-order valence-electron chi connectivity index (χ3n) is 2.16. The molecular formula is C9H13NOS. The molecule has 0 aliphatic heterocycles. The molecule has 2 nitrogen and oxygen atoms in total. The molecule has 1 saturated carbocycles. The van der Waals surface area contributed by atoms with Crippen LogP contribution < -0.4 is 0 Å². The van der Waals surface area contributed by atoms with E-state index >= 15 is 0 Å². The molecule has 1 atom stereocenters. The van der Waals surface area contributed by atoms with Gasteiger partial charge in [-0.1, -0.05) is 0 Å². The Labute approximate surface area is 76.3 Å². The summed E-state index contributed by atoms with van der Waals surface area (Å²) in [6.07, 6.45) is 2.22. The lowest BCUT2D eigenvalue weighted by molar-refractivity contribution is 0.202. The van der Waals surface area contributed by atoms with Gasteiger partial charge in [0, 0.05) is 5.92 Å². The summed E-state index contributed by atoms with van der Waals surface area (Å²) in [5.74, 6) is 0.709. The second kappa shape index (κ2) is 2.82. The van der Waals surface area contributed by atoms with Crippen LogP contribution in [0.25, 0.3) is 0 Å². The van der Waals surface area contributed by atoms with Crippen molar-refractivity contribution in [2.75, 3.05) is 0 Å². The minimum atomic E-state index is -0.352. The Morgan fingerprint density at radius 1 is 1.58 bits per heavy atom. The third-order valence-corrected chi connectivity index (χ3v) is 3.65. The Hall–Kier alpha value is -0.410. The van der Waals surface area contributed by atoms with Gasteiger partial charge in [0.1, 0.15) is 0 Å². The molecular weight excluding hydrogens is 170 g/mol. The summed E-state index contributed by atoms with van der Waals surface area (Å²) in [7, 11) is 0. The maximum atomic E-state index is 9.39. The van der Waals surface area contributed by atoms with Crippen molar-refractivity contribution >= 4 is 11.3 Å².